The number of fused-ring (bicyclic) bond motifs is 1. The molecule has 3 rings (SSSR count). The normalized spacial score (nSPS) is 24.4. The van der Waals surface area contributed by atoms with Gasteiger partial charge in [0.15, 0.2) is 5.60 Å². The van der Waals surface area contributed by atoms with E-state index in [-0.39, 0.29) is 6.54 Å². The molecule has 2 heterocycles. The van der Waals surface area contributed by atoms with Gasteiger partial charge in [-0.3, -0.25) is 14.5 Å². The van der Waals surface area contributed by atoms with Crippen molar-refractivity contribution in [2.75, 3.05) is 23.7 Å². The number of ether oxygens (including phenoxy) is 1. The first-order chi connectivity index (χ1) is 12.4. The van der Waals surface area contributed by atoms with Crippen molar-refractivity contribution in [3.05, 3.63) is 30.1 Å². The van der Waals surface area contributed by atoms with Crippen molar-refractivity contribution >= 4 is 26.8 Å². The maximum absolute atomic E-state index is 13.8. The Morgan fingerprint density at radius 2 is 1.93 bits per heavy atom. The molecule has 2 aromatic rings. The highest BCUT2D eigenvalue weighted by atomic mass is 32.2. The average Bonchev–Trinajstić information content (AvgIpc) is 2.52. The lowest BCUT2D eigenvalue weighted by molar-refractivity contribution is -0.283. The SMILES string of the molecule is Cc1ccc(N2C[C@@H](C)O[C@@](CS(=O)(=O)O)(C(F)(F)F)C2)c2nccnc12. The third-order valence-corrected chi connectivity index (χ3v) is 5.26. The molecule has 1 N–H and O–H groups in total. The van der Waals surface area contributed by atoms with Crippen molar-refractivity contribution in [2.45, 2.75) is 31.7 Å². The van der Waals surface area contributed by atoms with Gasteiger partial charge in [0.1, 0.15) is 11.3 Å². The van der Waals surface area contributed by atoms with Gasteiger partial charge >= 0.3 is 6.18 Å². The van der Waals surface area contributed by atoms with Crippen LogP contribution in [0.25, 0.3) is 11.0 Å². The Morgan fingerprint density at radius 3 is 2.52 bits per heavy atom. The van der Waals surface area contributed by atoms with E-state index in [2.05, 4.69) is 9.97 Å². The van der Waals surface area contributed by atoms with E-state index in [1.54, 1.807) is 19.1 Å². The first-order valence-corrected chi connectivity index (χ1v) is 9.68. The number of aromatic nitrogens is 2. The summed E-state index contributed by atoms with van der Waals surface area (Å²) in [6.45, 7) is 2.52. The fourth-order valence-electron chi connectivity index (χ4n) is 3.37. The van der Waals surface area contributed by atoms with Crippen LogP contribution in [0.5, 0.6) is 0 Å². The van der Waals surface area contributed by atoms with Crippen molar-refractivity contribution in [3.8, 4) is 0 Å². The second-order valence-electron chi connectivity index (χ2n) is 6.68. The minimum Gasteiger partial charge on any atom is -0.364 e. The van der Waals surface area contributed by atoms with Gasteiger partial charge in [0.25, 0.3) is 10.1 Å². The third-order valence-electron chi connectivity index (χ3n) is 4.43. The fraction of sp³-hybridized carbons (Fsp3) is 0.500. The standard InChI is InChI=1S/C16H18F3N3O4S/c1-10-3-4-12(14-13(10)20-5-6-21-14)22-7-11(2)26-15(8-22,16(17,18)19)9-27(23,24)25/h3-6,11H,7-9H2,1-2H3,(H,23,24,25)/t11-,15+/m1/s1. The minimum absolute atomic E-state index is 0.0953. The molecule has 1 fully saturated rings. The number of benzene rings is 1. The summed E-state index contributed by atoms with van der Waals surface area (Å²) in [6.07, 6.45) is -3.03. The number of anilines is 1. The molecular formula is C16H18F3N3O4S. The molecular weight excluding hydrogens is 387 g/mol. The summed E-state index contributed by atoms with van der Waals surface area (Å²) in [5, 5.41) is 0. The molecule has 0 amide bonds. The summed E-state index contributed by atoms with van der Waals surface area (Å²) in [6, 6.07) is 3.34. The van der Waals surface area contributed by atoms with Crippen molar-refractivity contribution in [1.29, 1.82) is 0 Å². The van der Waals surface area contributed by atoms with Gasteiger partial charge in [0.2, 0.25) is 0 Å². The number of aryl methyl sites for hydroxylation is 1. The molecule has 0 unspecified atom stereocenters. The molecule has 148 valence electrons. The Hall–Kier alpha value is -1.98. The van der Waals surface area contributed by atoms with Gasteiger partial charge in [-0.2, -0.15) is 21.6 Å². The van der Waals surface area contributed by atoms with E-state index in [1.807, 2.05) is 0 Å². The summed E-state index contributed by atoms with van der Waals surface area (Å²) >= 11 is 0. The summed E-state index contributed by atoms with van der Waals surface area (Å²) in [4.78, 5) is 9.83. The van der Waals surface area contributed by atoms with E-state index in [4.69, 9.17) is 9.29 Å². The summed E-state index contributed by atoms with van der Waals surface area (Å²) in [5.74, 6) is -1.58. The highest BCUT2D eigenvalue weighted by Crippen LogP contribution is 2.41. The molecule has 0 radical (unpaired) electrons. The quantitative estimate of drug-likeness (QED) is 0.784. The van der Waals surface area contributed by atoms with Gasteiger partial charge in [-0.15, -0.1) is 0 Å². The molecule has 11 heteroatoms. The number of hydrogen-bond acceptors (Lipinski definition) is 6. The fourth-order valence-corrected chi connectivity index (χ4v) is 4.28. The number of morpholine rings is 1. The van der Waals surface area contributed by atoms with Crippen molar-refractivity contribution in [2.24, 2.45) is 0 Å². The molecule has 27 heavy (non-hydrogen) atoms. The number of hydrogen-bond donors (Lipinski definition) is 1. The molecule has 1 saturated heterocycles. The Labute approximate surface area is 153 Å². The third kappa shape index (κ3) is 3.85. The van der Waals surface area contributed by atoms with Gasteiger partial charge in [-0.1, -0.05) is 6.07 Å². The van der Waals surface area contributed by atoms with Crippen LogP contribution in [0.1, 0.15) is 12.5 Å². The van der Waals surface area contributed by atoms with E-state index < -0.39 is 40.3 Å². The topological polar surface area (TPSA) is 92.6 Å². The molecule has 0 saturated carbocycles. The van der Waals surface area contributed by atoms with Gasteiger partial charge in [0, 0.05) is 18.9 Å². The molecule has 1 aliphatic heterocycles. The Bertz CT molecular complexity index is 967. The van der Waals surface area contributed by atoms with Gasteiger partial charge in [0.05, 0.1) is 23.9 Å². The lowest BCUT2D eigenvalue weighted by atomic mass is 10.0. The number of nitrogens with zero attached hydrogens (tertiary/aromatic N) is 3. The van der Waals surface area contributed by atoms with Gasteiger partial charge < -0.3 is 9.64 Å². The average molecular weight is 405 g/mol. The van der Waals surface area contributed by atoms with Crippen LogP contribution in [0.2, 0.25) is 0 Å². The van der Waals surface area contributed by atoms with Crippen LogP contribution in [0.15, 0.2) is 24.5 Å². The number of halogens is 3. The first kappa shape index (κ1) is 19.8. The molecule has 7 nitrogen and oxygen atoms in total. The monoisotopic (exact) mass is 405 g/mol. The largest absolute Gasteiger partial charge is 0.420 e. The lowest BCUT2D eigenvalue weighted by Crippen LogP contribution is -2.65. The molecule has 1 aliphatic rings. The zero-order valence-electron chi connectivity index (χ0n) is 14.6. The molecule has 0 aliphatic carbocycles. The van der Waals surface area contributed by atoms with Gasteiger partial charge in [-0.05, 0) is 25.5 Å². The predicted octanol–water partition coefficient (Wildman–Crippen LogP) is 2.35. The van der Waals surface area contributed by atoms with Crippen LogP contribution >= 0.6 is 0 Å². The van der Waals surface area contributed by atoms with Crippen molar-refractivity contribution in [1.82, 2.24) is 9.97 Å². The van der Waals surface area contributed by atoms with Crippen LogP contribution in [-0.4, -0.2) is 59.7 Å². The zero-order chi connectivity index (χ0) is 20.0. The van der Waals surface area contributed by atoms with E-state index >= 15 is 0 Å². The van der Waals surface area contributed by atoms with Crippen LogP contribution in [-0.2, 0) is 14.9 Å². The second-order valence-corrected chi connectivity index (χ2v) is 8.13. The number of alkyl halides is 3. The van der Waals surface area contributed by atoms with E-state index in [9.17, 15) is 21.6 Å². The second kappa shape index (κ2) is 6.57. The lowest BCUT2D eigenvalue weighted by Gasteiger charge is -2.46. The van der Waals surface area contributed by atoms with E-state index in [0.717, 1.165) is 5.56 Å². The van der Waals surface area contributed by atoms with E-state index in [1.165, 1.54) is 24.2 Å². The van der Waals surface area contributed by atoms with E-state index in [0.29, 0.717) is 16.7 Å². The molecule has 0 spiro atoms. The van der Waals surface area contributed by atoms with Crippen LogP contribution in [0.4, 0.5) is 18.9 Å². The highest BCUT2D eigenvalue weighted by Gasteiger charge is 2.61. The number of rotatable bonds is 3. The summed E-state index contributed by atoms with van der Waals surface area (Å²) < 4.78 is 78.2. The molecule has 0 bridgehead atoms. The Balaban J connectivity index is 2.11. The maximum atomic E-state index is 13.8. The molecule has 1 aromatic carbocycles. The smallest absolute Gasteiger partial charge is 0.364 e. The maximum Gasteiger partial charge on any atom is 0.420 e. The van der Waals surface area contributed by atoms with Gasteiger partial charge in [-0.25, -0.2) is 0 Å². The Morgan fingerprint density at radius 1 is 1.30 bits per heavy atom. The Kier molecular flexibility index (Phi) is 4.81. The molecule has 2 atom stereocenters. The summed E-state index contributed by atoms with van der Waals surface area (Å²) in [7, 11) is -4.94. The van der Waals surface area contributed by atoms with Crippen LogP contribution in [0, 0.1) is 6.92 Å². The molecule has 1 aromatic heterocycles. The highest BCUT2D eigenvalue weighted by molar-refractivity contribution is 7.85. The summed E-state index contributed by atoms with van der Waals surface area (Å²) in [5.41, 5.74) is -0.903. The van der Waals surface area contributed by atoms with Crippen LogP contribution in [0.3, 0.4) is 0 Å². The predicted molar refractivity (Wildman–Crippen MR) is 92.2 cm³/mol. The van der Waals surface area contributed by atoms with Crippen molar-refractivity contribution in [3.63, 3.8) is 0 Å². The van der Waals surface area contributed by atoms with Crippen LogP contribution < -0.4 is 4.90 Å². The zero-order valence-corrected chi connectivity index (χ0v) is 15.4. The van der Waals surface area contributed by atoms with Crippen molar-refractivity contribution < 1.29 is 30.9 Å². The first-order valence-electron chi connectivity index (χ1n) is 8.07. The minimum atomic E-state index is -5.01.